The van der Waals surface area contributed by atoms with Gasteiger partial charge in [-0.2, -0.15) is 5.10 Å². The number of amides is 2. The molecule has 0 bridgehead atoms. The molecule has 3 aromatic carbocycles. The quantitative estimate of drug-likeness (QED) is 0.196. The zero-order valence-corrected chi connectivity index (χ0v) is 26.0. The summed E-state index contributed by atoms with van der Waals surface area (Å²) in [6.45, 7) is 3.67. The highest BCUT2D eigenvalue weighted by Crippen LogP contribution is 2.30. The van der Waals surface area contributed by atoms with E-state index in [9.17, 15) is 18.8 Å². The van der Waals surface area contributed by atoms with Crippen LogP contribution >= 0.6 is 0 Å². The topological polar surface area (TPSA) is 153 Å². The molecule has 0 fully saturated rings. The maximum absolute atomic E-state index is 15.7. The third-order valence-corrected chi connectivity index (χ3v) is 7.66. The second-order valence-electron chi connectivity index (χ2n) is 11.6. The Bertz CT molecular complexity index is 2060. The summed E-state index contributed by atoms with van der Waals surface area (Å²) in [6.07, 6.45) is 1.93. The third kappa shape index (κ3) is 6.53. The van der Waals surface area contributed by atoms with Crippen molar-refractivity contribution in [1.29, 1.82) is 0 Å². The van der Waals surface area contributed by atoms with Crippen LogP contribution in [0, 0.1) is 17.6 Å². The first-order chi connectivity index (χ1) is 23.1. The average Bonchev–Trinajstić information content (AvgIpc) is 3.39. The number of ether oxygens (including phenoxy) is 1. The molecule has 0 unspecified atom stereocenters. The highest BCUT2D eigenvalue weighted by atomic mass is 19.1. The summed E-state index contributed by atoms with van der Waals surface area (Å²) in [4.78, 5) is 48.5. The van der Waals surface area contributed by atoms with Crippen molar-refractivity contribution in [2.45, 2.75) is 39.1 Å². The number of rotatable bonds is 9. The van der Waals surface area contributed by atoms with Crippen LogP contribution in [-0.4, -0.2) is 50.3 Å². The van der Waals surface area contributed by atoms with Gasteiger partial charge in [-0.05, 0) is 42.2 Å². The highest BCUT2D eigenvalue weighted by molar-refractivity contribution is 6.20. The summed E-state index contributed by atoms with van der Waals surface area (Å²) >= 11 is 0. The van der Waals surface area contributed by atoms with Gasteiger partial charge in [0.2, 0.25) is 6.17 Å². The molecule has 11 nitrogen and oxygen atoms in total. The molecule has 2 atom stereocenters. The van der Waals surface area contributed by atoms with Crippen LogP contribution < -0.4 is 16.4 Å². The molecule has 6 rings (SSSR count). The molecule has 4 N–H and O–H groups in total. The van der Waals surface area contributed by atoms with Crippen molar-refractivity contribution in [1.82, 2.24) is 19.9 Å². The first-order valence-corrected chi connectivity index (χ1v) is 15.2. The summed E-state index contributed by atoms with van der Waals surface area (Å²) in [5, 5.41) is 9.57. The van der Waals surface area contributed by atoms with Gasteiger partial charge in [0, 0.05) is 29.1 Å². The molecule has 3 heterocycles. The molecule has 0 aliphatic carbocycles. The van der Waals surface area contributed by atoms with Gasteiger partial charge < -0.3 is 21.1 Å². The van der Waals surface area contributed by atoms with E-state index < -0.39 is 41.6 Å². The van der Waals surface area contributed by atoms with Gasteiger partial charge in [0.15, 0.2) is 5.65 Å². The lowest BCUT2D eigenvalue weighted by molar-refractivity contribution is -0.147. The number of benzene rings is 3. The van der Waals surface area contributed by atoms with Gasteiger partial charge in [0.1, 0.15) is 35.5 Å². The van der Waals surface area contributed by atoms with Gasteiger partial charge in [0.05, 0.1) is 11.4 Å². The molecule has 1 aliphatic heterocycles. The highest BCUT2D eigenvalue weighted by Gasteiger charge is 2.32. The standard InChI is InChI=1S/C35H31F2N7O4/c1-19(2)16-26(38)35(47)48-18-20-12-13-22(25(37)17-20)30-27(32-39-14-7-15-44(32)43-30)33(45)42-31-34(46)41-29-23(10-6-11-24(29)36)28(40-31)21-8-4-3-5-9-21/h3-15,17,19,26,31H,16,18,38H2,1-2H3,(H,41,46)(H,42,45)/t26-,31+/m0/s1. The lowest BCUT2D eigenvalue weighted by atomic mass is 10.0. The predicted octanol–water partition coefficient (Wildman–Crippen LogP) is 4.64. The Morgan fingerprint density at radius 3 is 2.56 bits per heavy atom. The fourth-order valence-corrected chi connectivity index (χ4v) is 5.41. The van der Waals surface area contributed by atoms with E-state index in [0.717, 1.165) is 0 Å². The SMILES string of the molecule is CC(C)C[C@H](N)C(=O)OCc1ccc(-c2nn3cccnc3c2C(=O)N[C@H]2N=C(c3ccccc3)c3cccc(F)c3NC2=O)c(F)c1. The minimum absolute atomic E-state index is 0.0366. The van der Waals surface area contributed by atoms with Gasteiger partial charge >= 0.3 is 5.97 Å². The van der Waals surface area contributed by atoms with Crippen molar-refractivity contribution in [2.75, 3.05) is 5.32 Å². The summed E-state index contributed by atoms with van der Waals surface area (Å²) in [5.74, 6) is -3.41. The molecule has 1 aliphatic rings. The molecule has 48 heavy (non-hydrogen) atoms. The normalized spacial score (nSPS) is 14.9. The van der Waals surface area contributed by atoms with Gasteiger partial charge in [-0.3, -0.25) is 14.4 Å². The number of aromatic nitrogens is 3. The van der Waals surface area contributed by atoms with Crippen molar-refractivity contribution in [3.05, 3.63) is 119 Å². The van der Waals surface area contributed by atoms with Gasteiger partial charge in [-0.25, -0.2) is 23.3 Å². The Hall–Kier alpha value is -5.82. The van der Waals surface area contributed by atoms with E-state index in [1.807, 2.05) is 13.8 Å². The lowest BCUT2D eigenvalue weighted by Crippen LogP contribution is -2.42. The summed E-state index contributed by atoms with van der Waals surface area (Å²) < 4.78 is 37.2. The minimum Gasteiger partial charge on any atom is -0.460 e. The van der Waals surface area contributed by atoms with E-state index in [1.165, 1.54) is 41.2 Å². The average molecular weight is 652 g/mol. The smallest absolute Gasteiger partial charge is 0.323 e. The van der Waals surface area contributed by atoms with Crippen molar-refractivity contribution in [2.24, 2.45) is 16.6 Å². The van der Waals surface area contributed by atoms with Crippen LogP contribution in [0.2, 0.25) is 0 Å². The third-order valence-electron chi connectivity index (χ3n) is 7.66. The van der Waals surface area contributed by atoms with Gasteiger partial charge in [-0.1, -0.05) is 62.4 Å². The Balaban J connectivity index is 1.33. The number of para-hydroxylation sites is 1. The first-order valence-electron chi connectivity index (χ1n) is 15.2. The van der Waals surface area contributed by atoms with Crippen LogP contribution in [0.1, 0.15) is 47.3 Å². The number of anilines is 1. The summed E-state index contributed by atoms with van der Waals surface area (Å²) in [7, 11) is 0. The molecule has 2 amide bonds. The molecule has 5 aromatic rings. The molecule has 0 saturated carbocycles. The number of hydrogen-bond donors (Lipinski definition) is 3. The van der Waals surface area contributed by atoms with E-state index in [-0.39, 0.29) is 46.4 Å². The Kier molecular flexibility index (Phi) is 9.04. The molecule has 2 aromatic heterocycles. The van der Waals surface area contributed by atoms with Crippen LogP contribution in [-0.2, 0) is 20.9 Å². The molecule has 0 spiro atoms. The van der Waals surface area contributed by atoms with Crippen molar-refractivity contribution in [3.63, 3.8) is 0 Å². The van der Waals surface area contributed by atoms with Crippen LogP contribution in [0.25, 0.3) is 16.9 Å². The van der Waals surface area contributed by atoms with E-state index in [0.29, 0.717) is 23.1 Å². The molecule has 0 radical (unpaired) electrons. The zero-order chi connectivity index (χ0) is 33.9. The second-order valence-corrected chi connectivity index (χ2v) is 11.6. The molecule has 13 heteroatoms. The van der Waals surface area contributed by atoms with E-state index in [1.54, 1.807) is 48.5 Å². The van der Waals surface area contributed by atoms with Crippen LogP contribution in [0.5, 0.6) is 0 Å². The number of nitrogens with one attached hydrogen (secondary N) is 2. The number of esters is 1. The number of carbonyl (C=O) groups is 3. The molecule has 0 saturated heterocycles. The zero-order valence-electron chi connectivity index (χ0n) is 26.0. The number of fused-ring (bicyclic) bond motifs is 2. The maximum Gasteiger partial charge on any atom is 0.323 e. The first kappa shape index (κ1) is 32.1. The summed E-state index contributed by atoms with van der Waals surface area (Å²) in [6, 6.07) is 18.1. The summed E-state index contributed by atoms with van der Waals surface area (Å²) in [5.41, 5.74) is 7.26. The number of nitrogens with zero attached hydrogens (tertiary/aromatic N) is 4. The number of halogens is 2. The fraction of sp³-hybridized carbons (Fsp3) is 0.200. The van der Waals surface area contributed by atoms with Crippen LogP contribution in [0.3, 0.4) is 0 Å². The molecule has 244 valence electrons. The Morgan fingerprint density at radius 1 is 1.02 bits per heavy atom. The minimum atomic E-state index is -1.50. The number of hydrogen-bond acceptors (Lipinski definition) is 8. The second kappa shape index (κ2) is 13.5. The Labute approximate surface area is 273 Å². The van der Waals surface area contributed by atoms with Crippen molar-refractivity contribution >= 4 is 34.8 Å². The molecular weight excluding hydrogens is 620 g/mol. The van der Waals surface area contributed by atoms with Gasteiger partial charge in [-0.15, -0.1) is 0 Å². The predicted molar refractivity (Wildman–Crippen MR) is 174 cm³/mol. The number of benzodiazepines with no additional fused rings is 1. The fourth-order valence-electron chi connectivity index (χ4n) is 5.41. The monoisotopic (exact) mass is 651 g/mol. The van der Waals surface area contributed by atoms with Gasteiger partial charge in [0.25, 0.3) is 11.8 Å². The van der Waals surface area contributed by atoms with E-state index >= 15 is 4.39 Å². The number of aliphatic imine (C=N–C) groups is 1. The number of carbonyl (C=O) groups excluding carboxylic acids is 3. The van der Waals surface area contributed by atoms with Crippen molar-refractivity contribution in [3.8, 4) is 11.3 Å². The lowest BCUT2D eigenvalue weighted by Gasteiger charge is -2.14. The Morgan fingerprint density at radius 2 is 1.81 bits per heavy atom. The number of nitrogens with two attached hydrogens (primary N) is 1. The van der Waals surface area contributed by atoms with Crippen LogP contribution in [0.15, 0.2) is 90.2 Å². The molecular formula is C35H31F2N7O4. The van der Waals surface area contributed by atoms with Crippen LogP contribution in [0.4, 0.5) is 14.5 Å². The van der Waals surface area contributed by atoms with Crippen molar-refractivity contribution < 1.29 is 27.9 Å². The van der Waals surface area contributed by atoms with E-state index in [2.05, 4.69) is 25.7 Å². The van der Waals surface area contributed by atoms with E-state index in [4.69, 9.17) is 10.5 Å². The maximum atomic E-state index is 15.7. The largest absolute Gasteiger partial charge is 0.460 e.